The molecule has 0 aromatic rings. The minimum absolute atomic E-state index is 0.228. The third-order valence-electron chi connectivity index (χ3n) is 1.91. The van der Waals surface area contributed by atoms with E-state index >= 15 is 0 Å². The van der Waals surface area contributed by atoms with Crippen LogP contribution in [-0.2, 0) is 14.0 Å². The van der Waals surface area contributed by atoms with Crippen molar-refractivity contribution in [2.24, 2.45) is 0 Å². The maximum absolute atomic E-state index is 8.85. The van der Waals surface area contributed by atoms with Crippen molar-refractivity contribution in [2.75, 3.05) is 20.3 Å². The van der Waals surface area contributed by atoms with Crippen molar-refractivity contribution < 1.29 is 28.9 Å². The van der Waals surface area contributed by atoms with Gasteiger partial charge in [0.05, 0.1) is 13.2 Å². The van der Waals surface area contributed by atoms with E-state index in [2.05, 4.69) is 0 Å². The second-order valence-corrected chi connectivity index (χ2v) is 3.37. The van der Waals surface area contributed by atoms with Crippen LogP contribution in [0.3, 0.4) is 0 Å². The average molecular weight is 212 g/mol. The molecule has 0 amide bonds. The standard InChI is InChI=1S/C6H13O6P/c1-10-5-3-11-4(2-7)6(5)12-13(8)9/h4-9H,2-3H2,1H3/t4?,5?,6-/m1/s1. The highest BCUT2D eigenvalue weighted by molar-refractivity contribution is 7.39. The van der Waals surface area contributed by atoms with Crippen molar-refractivity contribution >= 4 is 8.60 Å². The molecule has 1 aliphatic rings. The Morgan fingerprint density at radius 2 is 2.23 bits per heavy atom. The molecule has 78 valence electrons. The molecule has 2 unspecified atom stereocenters. The Hall–Kier alpha value is 0.190. The quantitative estimate of drug-likeness (QED) is 0.517. The summed E-state index contributed by atoms with van der Waals surface area (Å²) in [6.07, 6.45) is -1.52. The summed E-state index contributed by atoms with van der Waals surface area (Å²) in [6, 6.07) is 0. The third-order valence-corrected chi connectivity index (χ3v) is 2.34. The summed E-state index contributed by atoms with van der Waals surface area (Å²) in [5.74, 6) is 0. The summed E-state index contributed by atoms with van der Waals surface area (Å²) in [5.41, 5.74) is 0. The fourth-order valence-electron chi connectivity index (χ4n) is 1.25. The molecular formula is C6H13O6P. The van der Waals surface area contributed by atoms with Crippen molar-refractivity contribution in [1.29, 1.82) is 0 Å². The summed E-state index contributed by atoms with van der Waals surface area (Å²) >= 11 is 0. The van der Waals surface area contributed by atoms with Gasteiger partial charge < -0.3 is 28.9 Å². The molecule has 7 heteroatoms. The summed E-state index contributed by atoms with van der Waals surface area (Å²) in [6.45, 7) is 0.0588. The highest BCUT2D eigenvalue weighted by Crippen LogP contribution is 2.33. The van der Waals surface area contributed by atoms with Gasteiger partial charge in [-0.25, -0.2) is 0 Å². The topological polar surface area (TPSA) is 88.4 Å². The van der Waals surface area contributed by atoms with Gasteiger partial charge in [-0.05, 0) is 0 Å². The Bertz CT molecular complexity index is 142. The Balaban J connectivity index is 2.51. The van der Waals surface area contributed by atoms with Gasteiger partial charge in [0.15, 0.2) is 0 Å². The van der Waals surface area contributed by atoms with E-state index < -0.39 is 20.8 Å². The second kappa shape index (κ2) is 5.17. The van der Waals surface area contributed by atoms with Gasteiger partial charge in [-0.15, -0.1) is 0 Å². The molecule has 0 radical (unpaired) electrons. The molecule has 1 aliphatic heterocycles. The van der Waals surface area contributed by atoms with Gasteiger partial charge in [-0.3, -0.25) is 0 Å². The van der Waals surface area contributed by atoms with Crippen molar-refractivity contribution in [3.63, 3.8) is 0 Å². The minimum atomic E-state index is -2.45. The molecule has 0 aliphatic carbocycles. The lowest BCUT2D eigenvalue weighted by Crippen LogP contribution is -2.35. The molecule has 6 nitrogen and oxygen atoms in total. The van der Waals surface area contributed by atoms with Gasteiger partial charge in [0.2, 0.25) is 0 Å². The maximum atomic E-state index is 8.85. The number of hydrogen-bond donors (Lipinski definition) is 3. The lowest BCUT2D eigenvalue weighted by molar-refractivity contribution is -0.00524. The molecule has 0 aromatic carbocycles. The van der Waals surface area contributed by atoms with Crippen LogP contribution in [0, 0.1) is 0 Å². The van der Waals surface area contributed by atoms with Gasteiger partial charge in [0.25, 0.3) is 0 Å². The normalized spacial score (nSPS) is 34.4. The van der Waals surface area contributed by atoms with E-state index in [4.69, 9.17) is 28.9 Å². The predicted molar refractivity (Wildman–Crippen MR) is 43.9 cm³/mol. The zero-order chi connectivity index (χ0) is 9.84. The van der Waals surface area contributed by atoms with Crippen LogP contribution in [0.25, 0.3) is 0 Å². The number of aliphatic hydroxyl groups is 1. The molecule has 0 aromatic heterocycles. The third kappa shape index (κ3) is 2.82. The summed E-state index contributed by atoms with van der Waals surface area (Å²) < 4.78 is 14.9. The van der Waals surface area contributed by atoms with Gasteiger partial charge in [0.1, 0.15) is 18.3 Å². The molecule has 0 spiro atoms. The number of ether oxygens (including phenoxy) is 2. The van der Waals surface area contributed by atoms with E-state index in [1.165, 1.54) is 7.11 Å². The maximum Gasteiger partial charge on any atom is 0.327 e. The summed E-state index contributed by atoms with van der Waals surface area (Å²) in [4.78, 5) is 17.3. The second-order valence-electron chi connectivity index (χ2n) is 2.65. The first kappa shape index (κ1) is 11.3. The Morgan fingerprint density at radius 1 is 1.54 bits per heavy atom. The van der Waals surface area contributed by atoms with Gasteiger partial charge >= 0.3 is 8.60 Å². The van der Waals surface area contributed by atoms with Crippen LogP contribution in [0.1, 0.15) is 0 Å². The van der Waals surface area contributed by atoms with Crippen LogP contribution in [0.5, 0.6) is 0 Å². The Labute approximate surface area is 77.0 Å². The van der Waals surface area contributed by atoms with Crippen molar-refractivity contribution in [2.45, 2.75) is 18.3 Å². The lowest BCUT2D eigenvalue weighted by atomic mass is 10.1. The van der Waals surface area contributed by atoms with Crippen LogP contribution in [0.4, 0.5) is 0 Å². The van der Waals surface area contributed by atoms with E-state index in [1.807, 2.05) is 0 Å². The minimum Gasteiger partial charge on any atom is -0.394 e. The predicted octanol–water partition coefficient (Wildman–Crippen LogP) is -1.01. The molecule has 0 saturated carbocycles. The first-order valence-corrected chi connectivity index (χ1v) is 4.95. The Morgan fingerprint density at radius 3 is 2.69 bits per heavy atom. The zero-order valence-electron chi connectivity index (χ0n) is 7.16. The fourth-order valence-corrected chi connectivity index (χ4v) is 1.74. The molecule has 1 rings (SSSR count). The van der Waals surface area contributed by atoms with E-state index in [-0.39, 0.29) is 19.3 Å². The van der Waals surface area contributed by atoms with Crippen molar-refractivity contribution in [3.05, 3.63) is 0 Å². The van der Waals surface area contributed by atoms with Crippen molar-refractivity contribution in [1.82, 2.24) is 0 Å². The molecular weight excluding hydrogens is 199 g/mol. The average Bonchev–Trinajstić information content (AvgIpc) is 2.46. The smallest absolute Gasteiger partial charge is 0.327 e. The van der Waals surface area contributed by atoms with Gasteiger partial charge in [-0.2, -0.15) is 0 Å². The highest BCUT2D eigenvalue weighted by Gasteiger charge is 2.39. The van der Waals surface area contributed by atoms with Gasteiger partial charge in [0, 0.05) is 7.11 Å². The zero-order valence-corrected chi connectivity index (χ0v) is 8.05. The van der Waals surface area contributed by atoms with Crippen LogP contribution in [-0.4, -0.2) is 53.5 Å². The Kier molecular flexibility index (Phi) is 4.48. The molecule has 1 saturated heterocycles. The number of aliphatic hydroxyl groups excluding tert-OH is 1. The summed E-state index contributed by atoms with van der Waals surface area (Å²) in [5, 5.41) is 8.85. The van der Waals surface area contributed by atoms with E-state index in [9.17, 15) is 0 Å². The summed E-state index contributed by atoms with van der Waals surface area (Å²) in [7, 11) is -0.974. The molecule has 13 heavy (non-hydrogen) atoms. The van der Waals surface area contributed by atoms with Gasteiger partial charge in [-0.1, -0.05) is 0 Å². The van der Waals surface area contributed by atoms with Crippen molar-refractivity contribution in [3.8, 4) is 0 Å². The van der Waals surface area contributed by atoms with Crippen LogP contribution < -0.4 is 0 Å². The first-order chi connectivity index (χ1) is 6.19. The van der Waals surface area contributed by atoms with E-state index in [0.29, 0.717) is 0 Å². The van der Waals surface area contributed by atoms with Crippen LogP contribution in [0.15, 0.2) is 0 Å². The molecule has 3 N–H and O–H groups in total. The molecule has 1 fully saturated rings. The number of rotatable bonds is 4. The van der Waals surface area contributed by atoms with Crippen LogP contribution >= 0.6 is 8.60 Å². The molecule has 0 bridgehead atoms. The van der Waals surface area contributed by atoms with E-state index in [1.54, 1.807) is 0 Å². The first-order valence-electron chi connectivity index (χ1n) is 3.79. The number of methoxy groups -OCH3 is 1. The SMILES string of the molecule is COC1COC(CO)[C@H]1OP(O)O. The molecule has 3 atom stereocenters. The highest BCUT2D eigenvalue weighted by atomic mass is 31.2. The molecule has 1 heterocycles. The lowest BCUT2D eigenvalue weighted by Gasteiger charge is -2.20. The van der Waals surface area contributed by atoms with Crippen LogP contribution in [0.2, 0.25) is 0 Å². The monoisotopic (exact) mass is 212 g/mol. The fraction of sp³-hybridized carbons (Fsp3) is 1.00. The number of hydrogen-bond acceptors (Lipinski definition) is 6. The largest absolute Gasteiger partial charge is 0.394 e. The van der Waals surface area contributed by atoms with E-state index in [0.717, 1.165) is 0 Å².